The number of rotatable bonds is 7. The van der Waals surface area contributed by atoms with Crippen LogP contribution in [0, 0.1) is 0 Å². The van der Waals surface area contributed by atoms with Crippen molar-refractivity contribution in [2.75, 3.05) is 13.2 Å². The zero-order chi connectivity index (χ0) is 16.1. The van der Waals surface area contributed by atoms with E-state index in [0.29, 0.717) is 12.5 Å². The van der Waals surface area contributed by atoms with E-state index < -0.39 is 0 Å². The molecule has 0 spiro atoms. The molecule has 0 aliphatic heterocycles. The van der Waals surface area contributed by atoms with Crippen molar-refractivity contribution in [3.05, 3.63) is 65.9 Å². The Balaban J connectivity index is 1.82. The third kappa shape index (κ3) is 3.57. The first-order valence-electron chi connectivity index (χ1n) is 8.29. The van der Waals surface area contributed by atoms with E-state index in [4.69, 9.17) is 10.5 Å². The van der Waals surface area contributed by atoms with Crippen LogP contribution < -0.4 is 10.5 Å². The first kappa shape index (κ1) is 15.6. The summed E-state index contributed by atoms with van der Waals surface area (Å²) in [5.74, 6) is 1.24. The molecule has 1 aromatic heterocycles. The molecule has 1 heterocycles. The molecule has 1 unspecified atom stereocenters. The Kier molecular flexibility index (Phi) is 4.99. The van der Waals surface area contributed by atoms with Crippen molar-refractivity contribution in [2.45, 2.75) is 25.7 Å². The molecule has 3 heteroatoms. The predicted molar refractivity (Wildman–Crippen MR) is 96.0 cm³/mol. The highest BCUT2D eigenvalue weighted by Gasteiger charge is 2.15. The van der Waals surface area contributed by atoms with Crippen molar-refractivity contribution in [3.63, 3.8) is 0 Å². The number of nitrogens with one attached hydrogen (secondary N) is 1. The van der Waals surface area contributed by atoms with Gasteiger partial charge in [0, 0.05) is 23.0 Å². The number of ether oxygens (including phenoxy) is 1. The van der Waals surface area contributed by atoms with Gasteiger partial charge >= 0.3 is 0 Å². The highest BCUT2D eigenvalue weighted by molar-refractivity contribution is 5.83. The highest BCUT2D eigenvalue weighted by atomic mass is 16.5. The van der Waals surface area contributed by atoms with Crippen molar-refractivity contribution in [2.24, 2.45) is 5.73 Å². The molecule has 0 bridgehead atoms. The Morgan fingerprint density at radius 3 is 2.83 bits per heavy atom. The minimum absolute atomic E-state index is 0.299. The molecule has 0 amide bonds. The topological polar surface area (TPSA) is 51.0 Å². The van der Waals surface area contributed by atoms with Gasteiger partial charge in [0.15, 0.2) is 0 Å². The van der Waals surface area contributed by atoms with Gasteiger partial charge in [-0.3, -0.25) is 0 Å². The highest BCUT2D eigenvalue weighted by Crippen LogP contribution is 2.28. The molecule has 2 aromatic carbocycles. The fourth-order valence-electron chi connectivity index (χ4n) is 3.02. The minimum atomic E-state index is 0.299. The molecule has 1 atom stereocenters. The third-order valence-electron chi connectivity index (χ3n) is 4.20. The Hall–Kier alpha value is -2.26. The van der Waals surface area contributed by atoms with Crippen molar-refractivity contribution < 1.29 is 4.74 Å². The van der Waals surface area contributed by atoms with Crippen LogP contribution in [-0.2, 0) is 6.42 Å². The van der Waals surface area contributed by atoms with Gasteiger partial charge in [0.2, 0.25) is 0 Å². The van der Waals surface area contributed by atoms with E-state index in [2.05, 4.69) is 60.6 Å². The Morgan fingerprint density at radius 2 is 2.00 bits per heavy atom. The van der Waals surface area contributed by atoms with Gasteiger partial charge in [-0.1, -0.05) is 37.3 Å². The fourth-order valence-corrected chi connectivity index (χ4v) is 3.02. The lowest BCUT2D eigenvalue weighted by molar-refractivity contribution is 0.317. The van der Waals surface area contributed by atoms with Crippen LogP contribution in [0.1, 0.15) is 30.4 Å². The number of para-hydroxylation sites is 1. The van der Waals surface area contributed by atoms with Crippen LogP contribution in [0.5, 0.6) is 5.75 Å². The smallest absolute Gasteiger partial charge is 0.119 e. The van der Waals surface area contributed by atoms with Crippen LogP contribution in [0.25, 0.3) is 10.9 Å². The first-order chi connectivity index (χ1) is 11.3. The second-order valence-corrected chi connectivity index (χ2v) is 5.92. The van der Waals surface area contributed by atoms with Crippen LogP contribution >= 0.6 is 0 Å². The van der Waals surface area contributed by atoms with Crippen LogP contribution in [0.3, 0.4) is 0 Å². The SMILES string of the molecule is CCCOc1cccc(CC(CN)c2c[nH]c3ccccc23)c1. The monoisotopic (exact) mass is 308 g/mol. The number of hydrogen-bond acceptors (Lipinski definition) is 2. The summed E-state index contributed by atoms with van der Waals surface area (Å²) in [5, 5.41) is 1.27. The number of aromatic nitrogens is 1. The van der Waals surface area contributed by atoms with Gasteiger partial charge < -0.3 is 15.5 Å². The molecular formula is C20H24N2O. The summed E-state index contributed by atoms with van der Waals surface area (Å²) < 4.78 is 5.73. The van der Waals surface area contributed by atoms with Crippen LogP contribution in [0.4, 0.5) is 0 Å². The molecule has 0 fully saturated rings. The molecule has 0 aliphatic rings. The molecule has 23 heavy (non-hydrogen) atoms. The molecule has 3 N–H and O–H groups in total. The van der Waals surface area contributed by atoms with Crippen LogP contribution in [0.2, 0.25) is 0 Å². The van der Waals surface area contributed by atoms with Gasteiger partial charge in [0.05, 0.1) is 6.61 Å². The molecule has 0 radical (unpaired) electrons. The summed E-state index contributed by atoms with van der Waals surface area (Å²) in [5.41, 5.74) is 9.80. The lowest BCUT2D eigenvalue weighted by atomic mass is 9.91. The van der Waals surface area contributed by atoms with E-state index >= 15 is 0 Å². The molecule has 0 aliphatic carbocycles. The van der Waals surface area contributed by atoms with Crippen molar-refractivity contribution in [3.8, 4) is 5.75 Å². The van der Waals surface area contributed by atoms with E-state index in [1.807, 2.05) is 6.07 Å². The number of benzene rings is 2. The summed E-state index contributed by atoms with van der Waals surface area (Å²) in [7, 11) is 0. The molecule has 0 saturated carbocycles. The lowest BCUT2D eigenvalue weighted by Crippen LogP contribution is -2.14. The number of hydrogen-bond donors (Lipinski definition) is 2. The molecule has 0 saturated heterocycles. The minimum Gasteiger partial charge on any atom is -0.494 e. The normalized spacial score (nSPS) is 12.4. The molecule has 3 aromatic rings. The predicted octanol–water partition coefficient (Wildman–Crippen LogP) is 4.24. The number of aromatic amines is 1. The van der Waals surface area contributed by atoms with Gasteiger partial charge in [0.25, 0.3) is 0 Å². The summed E-state index contributed by atoms with van der Waals surface area (Å²) in [6.07, 6.45) is 4.03. The third-order valence-corrected chi connectivity index (χ3v) is 4.20. The van der Waals surface area contributed by atoms with Crippen LogP contribution in [-0.4, -0.2) is 18.1 Å². The van der Waals surface area contributed by atoms with E-state index in [0.717, 1.165) is 25.2 Å². The van der Waals surface area contributed by atoms with Crippen molar-refractivity contribution in [1.82, 2.24) is 4.98 Å². The number of nitrogens with two attached hydrogens (primary N) is 1. The maximum absolute atomic E-state index is 6.08. The van der Waals surface area contributed by atoms with Gasteiger partial charge in [0.1, 0.15) is 5.75 Å². The van der Waals surface area contributed by atoms with E-state index in [1.165, 1.54) is 22.0 Å². The summed E-state index contributed by atoms with van der Waals surface area (Å²) >= 11 is 0. The number of H-pyrrole nitrogens is 1. The first-order valence-corrected chi connectivity index (χ1v) is 8.29. The zero-order valence-corrected chi connectivity index (χ0v) is 13.6. The van der Waals surface area contributed by atoms with Gasteiger partial charge in [-0.15, -0.1) is 0 Å². The molecular weight excluding hydrogens is 284 g/mol. The Bertz CT molecular complexity index is 763. The molecule has 3 rings (SSSR count). The Labute approximate surface area is 137 Å². The second kappa shape index (κ2) is 7.34. The van der Waals surface area contributed by atoms with E-state index in [9.17, 15) is 0 Å². The molecule has 120 valence electrons. The fraction of sp³-hybridized carbons (Fsp3) is 0.300. The van der Waals surface area contributed by atoms with Crippen molar-refractivity contribution in [1.29, 1.82) is 0 Å². The standard InChI is InChI=1S/C20H24N2O/c1-2-10-23-17-7-5-6-15(12-17)11-16(13-21)19-14-22-20-9-4-3-8-18(19)20/h3-9,12,14,16,22H,2,10-11,13,21H2,1H3. The average molecular weight is 308 g/mol. The van der Waals surface area contributed by atoms with Gasteiger partial charge in [-0.05, 0) is 48.7 Å². The quantitative estimate of drug-likeness (QED) is 0.686. The zero-order valence-electron chi connectivity index (χ0n) is 13.6. The Morgan fingerprint density at radius 1 is 1.13 bits per heavy atom. The lowest BCUT2D eigenvalue weighted by Gasteiger charge is -2.15. The van der Waals surface area contributed by atoms with E-state index in [-0.39, 0.29) is 0 Å². The maximum atomic E-state index is 6.08. The summed E-state index contributed by atoms with van der Waals surface area (Å²) in [6.45, 7) is 3.50. The second-order valence-electron chi connectivity index (χ2n) is 5.92. The van der Waals surface area contributed by atoms with Crippen LogP contribution in [0.15, 0.2) is 54.7 Å². The maximum Gasteiger partial charge on any atom is 0.119 e. The van der Waals surface area contributed by atoms with Gasteiger partial charge in [-0.25, -0.2) is 0 Å². The molecule has 3 nitrogen and oxygen atoms in total. The van der Waals surface area contributed by atoms with Crippen molar-refractivity contribution >= 4 is 10.9 Å². The summed E-state index contributed by atoms with van der Waals surface area (Å²) in [4.78, 5) is 3.35. The number of fused-ring (bicyclic) bond motifs is 1. The average Bonchev–Trinajstić information content (AvgIpc) is 3.02. The van der Waals surface area contributed by atoms with E-state index in [1.54, 1.807) is 0 Å². The largest absolute Gasteiger partial charge is 0.494 e. The summed E-state index contributed by atoms with van der Waals surface area (Å²) in [6, 6.07) is 16.7. The van der Waals surface area contributed by atoms with Gasteiger partial charge in [-0.2, -0.15) is 0 Å².